The molecule has 1 saturated heterocycles. The number of hydrogen-bond donors (Lipinski definition) is 0. The van der Waals surface area contributed by atoms with Gasteiger partial charge in [-0.2, -0.15) is 0 Å². The summed E-state index contributed by atoms with van der Waals surface area (Å²) in [6.07, 6.45) is 0.116. The highest BCUT2D eigenvalue weighted by atomic mass is 32.1. The third-order valence-electron chi connectivity index (χ3n) is 8.15. The number of carbonyl (C=O) groups is 3. The second-order valence-corrected chi connectivity index (χ2v) is 11.4. The SMILES string of the molecule is COC(=O)[C@H]1C[C@@H](C(=O)OC)C(c2ccccc2)(c2ccccc2)N1c1nc(-c2ccccc2)c(C(=O)c2ccccc2)s1. The summed E-state index contributed by atoms with van der Waals surface area (Å²) in [4.78, 5) is 48.8. The lowest BCUT2D eigenvalue weighted by Gasteiger charge is -2.43. The molecule has 1 aromatic heterocycles. The van der Waals surface area contributed by atoms with Crippen LogP contribution in [0.25, 0.3) is 11.3 Å². The van der Waals surface area contributed by atoms with Crippen LogP contribution in [0.5, 0.6) is 0 Å². The number of methoxy groups -OCH3 is 2. The number of thiazole rings is 1. The lowest BCUT2D eigenvalue weighted by molar-refractivity contribution is -0.147. The van der Waals surface area contributed by atoms with Crippen LogP contribution in [-0.2, 0) is 24.6 Å². The molecule has 0 unspecified atom stereocenters. The number of benzene rings is 4. The average Bonchev–Trinajstić information content (AvgIpc) is 3.69. The van der Waals surface area contributed by atoms with Crippen molar-refractivity contribution < 1.29 is 23.9 Å². The number of rotatable bonds is 8. The zero-order chi connectivity index (χ0) is 30.7. The second-order valence-electron chi connectivity index (χ2n) is 10.5. The third-order valence-corrected chi connectivity index (χ3v) is 9.21. The van der Waals surface area contributed by atoms with Gasteiger partial charge in [0.2, 0.25) is 5.78 Å². The predicted molar refractivity (Wildman–Crippen MR) is 169 cm³/mol. The van der Waals surface area contributed by atoms with Crippen molar-refractivity contribution in [1.29, 1.82) is 0 Å². The molecule has 6 rings (SSSR count). The molecule has 220 valence electrons. The van der Waals surface area contributed by atoms with E-state index in [1.807, 2.05) is 114 Å². The maximum absolute atomic E-state index is 14.0. The molecule has 7 nitrogen and oxygen atoms in total. The Morgan fingerprint density at radius 2 is 1.23 bits per heavy atom. The standard InChI is InChI=1S/C36H30N2O5S/c1-42-33(40)28-23-29(34(41)43-2)38(36(28,26-19-11-5-12-20-26)27-21-13-6-14-22-27)35-37-30(24-15-7-3-8-16-24)32(44-35)31(39)25-17-9-4-10-18-25/h3-22,28-29H,23H2,1-2H3/t28-,29+/m0/s1. The van der Waals surface area contributed by atoms with Crippen molar-refractivity contribution in [2.75, 3.05) is 19.1 Å². The van der Waals surface area contributed by atoms with E-state index < -0.39 is 29.4 Å². The maximum atomic E-state index is 14.0. The van der Waals surface area contributed by atoms with Crippen molar-refractivity contribution in [3.8, 4) is 11.3 Å². The van der Waals surface area contributed by atoms with E-state index >= 15 is 0 Å². The van der Waals surface area contributed by atoms with Crippen LogP contribution in [0.2, 0.25) is 0 Å². The third kappa shape index (κ3) is 4.87. The van der Waals surface area contributed by atoms with E-state index in [9.17, 15) is 14.4 Å². The van der Waals surface area contributed by atoms with Gasteiger partial charge in [-0.05, 0) is 17.5 Å². The Hall–Kier alpha value is -5.08. The van der Waals surface area contributed by atoms with E-state index in [0.717, 1.165) is 16.7 Å². The van der Waals surface area contributed by atoms with Gasteiger partial charge in [0.15, 0.2) is 5.13 Å². The number of nitrogens with zero attached hydrogens (tertiary/aromatic N) is 2. The van der Waals surface area contributed by atoms with Gasteiger partial charge in [-0.1, -0.05) is 133 Å². The number of ether oxygens (including phenoxy) is 2. The van der Waals surface area contributed by atoms with Gasteiger partial charge in [0.1, 0.15) is 16.5 Å². The Kier molecular flexibility index (Phi) is 8.09. The van der Waals surface area contributed by atoms with Gasteiger partial charge < -0.3 is 14.4 Å². The molecule has 44 heavy (non-hydrogen) atoms. The minimum atomic E-state index is -1.21. The molecule has 0 radical (unpaired) electrons. The maximum Gasteiger partial charge on any atom is 0.328 e. The molecule has 2 heterocycles. The normalized spacial score (nSPS) is 17.2. The molecule has 0 aliphatic carbocycles. The molecule has 0 spiro atoms. The van der Waals surface area contributed by atoms with Crippen molar-refractivity contribution in [1.82, 2.24) is 4.98 Å². The fourth-order valence-corrected chi connectivity index (χ4v) is 7.41. The fourth-order valence-electron chi connectivity index (χ4n) is 6.25. The molecule has 1 fully saturated rings. The molecule has 5 aromatic rings. The van der Waals surface area contributed by atoms with Crippen molar-refractivity contribution in [3.05, 3.63) is 143 Å². The number of esters is 2. The largest absolute Gasteiger partial charge is 0.469 e. The molecule has 4 aromatic carbocycles. The minimum absolute atomic E-state index is 0.116. The molecule has 0 bridgehead atoms. The van der Waals surface area contributed by atoms with E-state index in [1.165, 1.54) is 25.6 Å². The summed E-state index contributed by atoms with van der Waals surface area (Å²) < 4.78 is 10.7. The van der Waals surface area contributed by atoms with Crippen LogP contribution >= 0.6 is 11.3 Å². The Morgan fingerprint density at radius 1 is 0.727 bits per heavy atom. The molecule has 0 amide bonds. The summed E-state index contributed by atoms with van der Waals surface area (Å²) in [7, 11) is 2.69. The Bertz CT molecular complexity index is 1740. The molecule has 8 heteroatoms. The highest BCUT2D eigenvalue weighted by Crippen LogP contribution is 2.55. The van der Waals surface area contributed by atoms with E-state index in [1.54, 1.807) is 12.1 Å². The van der Waals surface area contributed by atoms with Crippen LogP contribution in [-0.4, -0.2) is 43.0 Å². The summed E-state index contributed by atoms with van der Waals surface area (Å²) in [6, 6.07) is 36.8. The minimum Gasteiger partial charge on any atom is -0.469 e. The van der Waals surface area contributed by atoms with Gasteiger partial charge in [0.05, 0.1) is 25.8 Å². The lowest BCUT2D eigenvalue weighted by atomic mass is 9.73. The fraction of sp³-hybridized carbons (Fsp3) is 0.167. The number of anilines is 1. The molecule has 0 N–H and O–H groups in total. The van der Waals surface area contributed by atoms with Crippen molar-refractivity contribution in [2.24, 2.45) is 5.92 Å². The molecule has 1 aliphatic heterocycles. The number of aromatic nitrogens is 1. The van der Waals surface area contributed by atoms with E-state index in [0.29, 0.717) is 21.3 Å². The number of hydrogen-bond acceptors (Lipinski definition) is 8. The summed E-state index contributed by atoms with van der Waals surface area (Å²) in [5.41, 5.74) is 2.13. The number of ketones is 1. The van der Waals surface area contributed by atoms with Gasteiger partial charge in [0, 0.05) is 11.1 Å². The first-order valence-electron chi connectivity index (χ1n) is 14.2. The summed E-state index contributed by atoms with van der Waals surface area (Å²) in [5.74, 6) is -1.97. The van der Waals surface area contributed by atoms with Gasteiger partial charge in [-0.3, -0.25) is 9.59 Å². The lowest BCUT2D eigenvalue weighted by Crippen LogP contribution is -2.52. The zero-order valence-corrected chi connectivity index (χ0v) is 25.1. The van der Waals surface area contributed by atoms with Crippen LogP contribution in [0, 0.1) is 5.92 Å². The average molecular weight is 603 g/mol. The van der Waals surface area contributed by atoms with Gasteiger partial charge in [0.25, 0.3) is 0 Å². The first-order valence-corrected chi connectivity index (χ1v) is 15.0. The van der Waals surface area contributed by atoms with Crippen LogP contribution < -0.4 is 4.90 Å². The Morgan fingerprint density at radius 3 is 1.75 bits per heavy atom. The monoisotopic (exact) mass is 602 g/mol. The topological polar surface area (TPSA) is 85.8 Å². The highest BCUT2D eigenvalue weighted by molar-refractivity contribution is 7.18. The Balaban J connectivity index is 1.68. The smallest absolute Gasteiger partial charge is 0.328 e. The first kappa shape index (κ1) is 29.0. The second kappa shape index (κ2) is 12.3. The van der Waals surface area contributed by atoms with Crippen molar-refractivity contribution in [2.45, 2.75) is 18.0 Å². The van der Waals surface area contributed by atoms with Gasteiger partial charge >= 0.3 is 11.9 Å². The summed E-state index contributed by atoms with van der Waals surface area (Å²) >= 11 is 1.20. The van der Waals surface area contributed by atoms with Gasteiger partial charge in [-0.25, -0.2) is 9.78 Å². The van der Waals surface area contributed by atoms with Crippen LogP contribution in [0.4, 0.5) is 5.13 Å². The van der Waals surface area contributed by atoms with E-state index in [4.69, 9.17) is 14.5 Å². The molecular weight excluding hydrogens is 572 g/mol. The number of carbonyl (C=O) groups excluding carboxylic acids is 3. The van der Waals surface area contributed by atoms with E-state index in [-0.39, 0.29) is 12.2 Å². The van der Waals surface area contributed by atoms with Crippen molar-refractivity contribution >= 4 is 34.2 Å². The predicted octanol–water partition coefficient (Wildman–Crippen LogP) is 6.53. The molecule has 2 atom stereocenters. The van der Waals surface area contributed by atoms with Gasteiger partial charge in [-0.15, -0.1) is 0 Å². The zero-order valence-electron chi connectivity index (χ0n) is 24.3. The molecular formula is C36H30N2O5S. The van der Waals surface area contributed by atoms with Crippen LogP contribution in [0.1, 0.15) is 32.8 Å². The van der Waals surface area contributed by atoms with Crippen LogP contribution in [0.3, 0.4) is 0 Å². The first-order chi connectivity index (χ1) is 21.5. The van der Waals surface area contributed by atoms with Crippen molar-refractivity contribution in [3.63, 3.8) is 0 Å². The molecule has 1 aliphatic rings. The van der Waals surface area contributed by atoms with E-state index in [2.05, 4.69) is 0 Å². The quantitative estimate of drug-likeness (QED) is 0.148. The molecule has 0 saturated carbocycles. The highest BCUT2D eigenvalue weighted by Gasteiger charge is 2.62. The van der Waals surface area contributed by atoms with Crippen LogP contribution in [0.15, 0.2) is 121 Å². The Labute approximate surface area is 259 Å². The summed E-state index contributed by atoms with van der Waals surface area (Å²) in [6.45, 7) is 0. The summed E-state index contributed by atoms with van der Waals surface area (Å²) in [5, 5.41) is 0.414.